The van der Waals surface area contributed by atoms with E-state index < -0.39 is 0 Å². The van der Waals surface area contributed by atoms with Gasteiger partial charge in [0.25, 0.3) is 0 Å². The second-order valence-electron chi connectivity index (χ2n) is 6.38. The van der Waals surface area contributed by atoms with Crippen LogP contribution in [0, 0.1) is 5.92 Å². The molecule has 0 bridgehead atoms. The summed E-state index contributed by atoms with van der Waals surface area (Å²) in [6.07, 6.45) is 4.40. The second kappa shape index (κ2) is 7.04. The quantitative estimate of drug-likeness (QED) is 0.834. The number of hydrogen-bond acceptors (Lipinski definition) is 7. The van der Waals surface area contributed by atoms with E-state index in [1.54, 1.807) is 12.4 Å². The highest BCUT2D eigenvalue weighted by Gasteiger charge is 2.26. The van der Waals surface area contributed by atoms with Gasteiger partial charge in [-0.15, -0.1) is 10.2 Å². The first-order chi connectivity index (χ1) is 11.1. The molecule has 2 aromatic rings. The molecular formula is C16H24N6O. The summed E-state index contributed by atoms with van der Waals surface area (Å²) in [6, 6.07) is 1.98. The fourth-order valence-corrected chi connectivity index (χ4v) is 2.79. The molecule has 0 aliphatic carbocycles. The van der Waals surface area contributed by atoms with Gasteiger partial charge in [0, 0.05) is 45.0 Å². The summed E-state index contributed by atoms with van der Waals surface area (Å²) >= 11 is 0. The van der Waals surface area contributed by atoms with Gasteiger partial charge in [-0.05, 0) is 18.9 Å². The van der Waals surface area contributed by atoms with Gasteiger partial charge < -0.3 is 9.32 Å². The van der Waals surface area contributed by atoms with E-state index in [1.165, 1.54) is 0 Å². The summed E-state index contributed by atoms with van der Waals surface area (Å²) in [6.45, 7) is 10.1. The molecule has 0 N–H and O–H groups in total. The summed E-state index contributed by atoms with van der Waals surface area (Å²) in [5.74, 6) is 2.77. The van der Waals surface area contributed by atoms with Crippen LogP contribution < -0.4 is 4.90 Å². The Morgan fingerprint density at radius 1 is 1.04 bits per heavy atom. The Kier molecular flexibility index (Phi) is 4.85. The first-order valence-electron chi connectivity index (χ1n) is 8.21. The van der Waals surface area contributed by atoms with E-state index in [0.29, 0.717) is 11.8 Å². The smallest absolute Gasteiger partial charge is 0.233 e. The Balaban J connectivity index is 1.57. The van der Waals surface area contributed by atoms with Crippen molar-refractivity contribution in [3.05, 3.63) is 30.2 Å². The van der Waals surface area contributed by atoms with Gasteiger partial charge in [0.1, 0.15) is 0 Å². The van der Waals surface area contributed by atoms with Crippen LogP contribution in [0.1, 0.15) is 38.6 Å². The Morgan fingerprint density at radius 2 is 1.74 bits per heavy atom. The predicted molar refractivity (Wildman–Crippen MR) is 87.1 cm³/mol. The van der Waals surface area contributed by atoms with Crippen LogP contribution in [0.15, 0.2) is 22.9 Å². The van der Waals surface area contributed by atoms with Crippen molar-refractivity contribution in [2.75, 3.05) is 31.1 Å². The number of anilines is 1. The van der Waals surface area contributed by atoms with E-state index in [0.717, 1.165) is 44.4 Å². The molecule has 1 fully saturated rings. The first kappa shape index (κ1) is 15.9. The predicted octanol–water partition coefficient (Wildman–Crippen LogP) is 1.94. The van der Waals surface area contributed by atoms with E-state index in [1.807, 2.05) is 6.07 Å². The van der Waals surface area contributed by atoms with E-state index in [-0.39, 0.29) is 6.04 Å². The molecule has 7 heteroatoms. The standard InChI is InChI=1S/C16H24N6O/c1-12(2)11-14-19-20-15(23-14)13(3)21-7-9-22(10-8-21)16-17-5-4-6-18-16/h4-6,12-13H,7-11H2,1-3H3/t13-/m0/s1. The molecule has 0 spiro atoms. The maximum Gasteiger partial charge on any atom is 0.233 e. The molecule has 3 rings (SSSR count). The maximum atomic E-state index is 5.82. The first-order valence-corrected chi connectivity index (χ1v) is 8.21. The number of hydrogen-bond donors (Lipinski definition) is 0. The normalized spacial score (nSPS) is 17.7. The van der Waals surface area contributed by atoms with Crippen LogP contribution in [0.5, 0.6) is 0 Å². The van der Waals surface area contributed by atoms with Gasteiger partial charge in [-0.1, -0.05) is 13.8 Å². The van der Waals surface area contributed by atoms with Gasteiger partial charge in [-0.2, -0.15) is 0 Å². The number of piperazine rings is 1. The molecule has 1 aliphatic heterocycles. The lowest BCUT2D eigenvalue weighted by molar-refractivity contribution is 0.170. The molecule has 0 aromatic carbocycles. The van der Waals surface area contributed by atoms with Gasteiger partial charge >= 0.3 is 0 Å². The molecule has 0 amide bonds. The van der Waals surface area contributed by atoms with Gasteiger partial charge in [-0.25, -0.2) is 9.97 Å². The summed E-state index contributed by atoms with van der Waals surface area (Å²) in [5.41, 5.74) is 0. The lowest BCUT2D eigenvalue weighted by Crippen LogP contribution is -2.47. The Labute approximate surface area is 136 Å². The SMILES string of the molecule is CC(C)Cc1nnc([C@H](C)N2CCN(c3ncccn3)CC2)o1. The van der Waals surface area contributed by atoms with Crippen LogP contribution in [-0.2, 0) is 6.42 Å². The van der Waals surface area contributed by atoms with Gasteiger partial charge in [0.05, 0.1) is 6.04 Å². The van der Waals surface area contributed by atoms with Crippen LogP contribution >= 0.6 is 0 Å². The average molecular weight is 316 g/mol. The van der Waals surface area contributed by atoms with Crippen LogP contribution in [0.2, 0.25) is 0 Å². The van der Waals surface area contributed by atoms with Crippen molar-refractivity contribution < 1.29 is 4.42 Å². The Morgan fingerprint density at radius 3 is 2.39 bits per heavy atom. The summed E-state index contributed by atoms with van der Waals surface area (Å²) in [7, 11) is 0. The molecule has 0 radical (unpaired) electrons. The number of aromatic nitrogens is 4. The van der Waals surface area contributed by atoms with Crippen molar-refractivity contribution >= 4 is 5.95 Å². The minimum absolute atomic E-state index is 0.141. The fourth-order valence-electron chi connectivity index (χ4n) is 2.79. The van der Waals surface area contributed by atoms with E-state index in [2.05, 4.69) is 50.7 Å². The van der Waals surface area contributed by atoms with Gasteiger partial charge in [0.15, 0.2) is 0 Å². The molecule has 23 heavy (non-hydrogen) atoms. The molecule has 124 valence electrons. The molecular weight excluding hydrogens is 292 g/mol. The molecule has 1 saturated heterocycles. The molecule has 3 heterocycles. The monoisotopic (exact) mass is 316 g/mol. The zero-order valence-electron chi connectivity index (χ0n) is 14.0. The Bertz CT molecular complexity index is 606. The number of rotatable bonds is 5. The van der Waals surface area contributed by atoms with Crippen molar-refractivity contribution in [1.82, 2.24) is 25.1 Å². The van der Waals surface area contributed by atoms with Crippen molar-refractivity contribution in [1.29, 1.82) is 0 Å². The lowest BCUT2D eigenvalue weighted by Gasteiger charge is -2.36. The van der Waals surface area contributed by atoms with E-state index in [9.17, 15) is 0 Å². The molecule has 0 saturated carbocycles. The van der Waals surface area contributed by atoms with Crippen molar-refractivity contribution in [2.45, 2.75) is 33.2 Å². The third-order valence-corrected chi connectivity index (χ3v) is 4.12. The zero-order chi connectivity index (χ0) is 16.2. The average Bonchev–Trinajstić information content (AvgIpc) is 3.03. The molecule has 1 atom stereocenters. The van der Waals surface area contributed by atoms with Gasteiger partial charge in [-0.3, -0.25) is 4.90 Å². The largest absolute Gasteiger partial charge is 0.424 e. The highest BCUT2D eigenvalue weighted by molar-refractivity contribution is 5.29. The van der Waals surface area contributed by atoms with Crippen molar-refractivity contribution in [3.8, 4) is 0 Å². The lowest BCUT2D eigenvalue weighted by atomic mass is 10.1. The van der Waals surface area contributed by atoms with Crippen LogP contribution in [-0.4, -0.2) is 51.2 Å². The fraction of sp³-hybridized carbons (Fsp3) is 0.625. The molecule has 2 aromatic heterocycles. The van der Waals surface area contributed by atoms with Crippen LogP contribution in [0.4, 0.5) is 5.95 Å². The van der Waals surface area contributed by atoms with Crippen molar-refractivity contribution in [3.63, 3.8) is 0 Å². The summed E-state index contributed by atoms with van der Waals surface area (Å²) in [4.78, 5) is 13.2. The third-order valence-electron chi connectivity index (χ3n) is 4.12. The summed E-state index contributed by atoms with van der Waals surface area (Å²) in [5, 5.41) is 8.39. The maximum absolute atomic E-state index is 5.82. The molecule has 0 unspecified atom stereocenters. The van der Waals surface area contributed by atoms with Crippen molar-refractivity contribution in [2.24, 2.45) is 5.92 Å². The van der Waals surface area contributed by atoms with Crippen LogP contribution in [0.3, 0.4) is 0 Å². The third kappa shape index (κ3) is 3.85. The van der Waals surface area contributed by atoms with Gasteiger partial charge in [0.2, 0.25) is 17.7 Å². The van der Waals surface area contributed by atoms with E-state index in [4.69, 9.17) is 4.42 Å². The molecule has 7 nitrogen and oxygen atoms in total. The second-order valence-corrected chi connectivity index (χ2v) is 6.38. The zero-order valence-corrected chi connectivity index (χ0v) is 14.0. The summed E-state index contributed by atoms with van der Waals surface area (Å²) < 4.78 is 5.82. The topological polar surface area (TPSA) is 71.2 Å². The van der Waals surface area contributed by atoms with Crippen LogP contribution in [0.25, 0.3) is 0 Å². The minimum Gasteiger partial charge on any atom is -0.424 e. The highest BCUT2D eigenvalue weighted by atomic mass is 16.4. The molecule has 1 aliphatic rings. The van der Waals surface area contributed by atoms with E-state index >= 15 is 0 Å². The number of nitrogens with zero attached hydrogens (tertiary/aromatic N) is 6. The highest BCUT2D eigenvalue weighted by Crippen LogP contribution is 2.22. The minimum atomic E-state index is 0.141. The Hall–Kier alpha value is -2.02.